The normalized spacial score (nSPS) is 10.3. The number of rotatable bonds is 4. The van der Waals surface area contributed by atoms with E-state index in [1.54, 1.807) is 20.3 Å². The van der Waals surface area contributed by atoms with Crippen molar-refractivity contribution in [3.63, 3.8) is 0 Å². The Morgan fingerprint density at radius 1 is 1.21 bits per heavy atom. The molecule has 0 aliphatic carbocycles. The highest BCUT2D eigenvalue weighted by Crippen LogP contribution is 2.30. The van der Waals surface area contributed by atoms with Crippen LogP contribution in [0.15, 0.2) is 18.2 Å². The van der Waals surface area contributed by atoms with Gasteiger partial charge in [-0.1, -0.05) is 0 Å². The molecule has 0 spiro atoms. The summed E-state index contributed by atoms with van der Waals surface area (Å²) in [6, 6.07) is 5.40. The molecular weight excluding hydrogens is 246 g/mol. The van der Waals surface area contributed by atoms with Crippen LogP contribution in [0, 0.1) is 6.92 Å². The van der Waals surface area contributed by atoms with Crippen LogP contribution in [-0.2, 0) is 0 Å². The fourth-order valence-corrected chi connectivity index (χ4v) is 1.80. The maximum absolute atomic E-state index is 11.1. The number of nitrogens with zero attached hydrogens (tertiary/aromatic N) is 1. The highest BCUT2D eigenvalue weighted by molar-refractivity contribution is 5.90. The minimum atomic E-state index is -0.593. The molecule has 6 heteroatoms. The van der Waals surface area contributed by atoms with Crippen LogP contribution >= 0.6 is 0 Å². The van der Waals surface area contributed by atoms with E-state index in [4.69, 9.17) is 15.2 Å². The fraction of sp³-hybridized carbons (Fsp3) is 0.231. The summed E-state index contributed by atoms with van der Waals surface area (Å²) in [6.45, 7) is 1.82. The van der Waals surface area contributed by atoms with E-state index in [2.05, 4.69) is 9.97 Å². The molecule has 0 saturated heterocycles. The number of nitrogens with one attached hydrogen (secondary N) is 1. The number of amides is 1. The van der Waals surface area contributed by atoms with Gasteiger partial charge in [0.05, 0.1) is 19.9 Å². The molecule has 0 saturated carbocycles. The second-order valence-corrected chi connectivity index (χ2v) is 4.02. The Balaban J connectivity index is 2.54. The van der Waals surface area contributed by atoms with Crippen molar-refractivity contribution in [1.82, 2.24) is 9.97 Å². The van der Waals surface area contributed by atoms with Gasteiger partial charge in [0.15, 0.2) is 5.82 Å². The molecule has 1 aromatic carbocycles. The van der Waals surface area contributed by atoms with E-state index >= 15 is 0 Å². The van der Waals surface area contributed by atoms with E-state index in [9.17, 15) is 4.79 Å². The minimum Gasteiger partial charge on any atom is -0.497 e. The summed E-state index contributed by atoms with van der Waals surface area (Å²) < 4.78 is 10.4. The number of aromatic nitrogens is 2. The zero-order valence-corrected chi connectivity index (χ0v) is 11.0. The Bertz CT molecular complexity index is 597. The van der Waals surface area contributed by atoms with Gasteiger partial charge in [0.2, 0.25) is 0 Å². The van der Waals surface area contributed by atoms with E-state index < -0.39 is 5.91 Å². The lowest BCUT2D eigenvalue weighted by atomic mass is 10.1. The number of hydrogen-bond donors (Lipinski definition) is 2. The van der Waals surface area contributed by atoms with Crippen LogP contribution in [0.1, 0.15) is 16.3 Å². The van der Waals surface area contributed by atoms with Crippen molar-refractivity contribution >= 4 is 5.91 Å². The van der Waals surface area contributed by atoms with Gasteiger partial charge in [0.25, 0.3) is 5.91 Å². The van der Waals surface area contributed by atoms with E-state index in [-0.39, 0.29) is 5.82 Å². The number of nitrogens with two attached hydrogens (primary N) is 1. The molecule has 0 radical (unpaired) electrons. The molecule has 0 aliphatic heterocycles. The van der Waals surface area contributed by atoms with Crippen molar-refractivity contribution in [1.29, 1.82) is 0 Å². The van der Waals surface area contributed by atoms with E-state index in [1.165, 1.54) is 0 Å². The largest absolute Gasteiger partial charge is 0.497 e. The van der Waals surface area contributed by atoms with Crippen LogP contribution in [-0.4, -0.2) is 30.1 Å². The molecule has 0 bridgehead atoms. The van der Waals surface area contributed by atoms with Gasteiger partial charge in [-0.15, -0.1) is 0 Å². The molecule has 0 fully saturated rings. The summed E-state index contributed by atoms with van der Waals surface area (Å²) in [4.78, 5) is 18.2. The zero-order valence-electron chi connectivity index (χ0n) is 11.0. The molecule has 1 heterocycles. The van der Waals surface area contributed by atoms with Crippen molar-refractivity contribution in [2.75, 3.05) is 14.2 Å². The Kier molecular flexibility index (Phi) is 3.41. The second-order valence-electron chi connectivity index (χ2n) is 4.02. The number of aryl methyl sites for hydroxylation is 1. The highest BCUT2D eigenvalue weighted by Gasteiger charge is 2.14. The predicted molar refractivity (Wildman–Crippen MR) is 70.4 cm³/mol. The molecule has 6 nitrogen and oxygen atoms in total. The monoisotopic (exact) mass is 261 g/mol. The summed E-state index contributed by atoms with van der Waals surface area (Å²) in [5, 5.41) is 0. The van der Waals surface area contributed by atoms with Crippen LogP contribution in [0.2, 0.25) is 0 Å². The SMILES string of the molecule is COc1cc(OC)cc(-c2nc(C(N)=O)[nH]c2C)c1. The van der Waals surface area contributed by atoms with Crippen molar-refractivity contribution in [3.8, 4) is 22.8 Å². The maximum atomic E-state index is 11.1. The van der Waals surface area contributed by atoms with Gasteiger partial charge in [-0.25, -0.2) is 4.98 Å². The molecule has 0 aliphatic rings. The van der Waals surface area contributed by atoms with Crippen LogP contribution < -0.4 is 15.2 Å². The number of imidazole rings is 1. The van der Waals surface area contributed by atoms with Crippen LogP contribution in [0.5, 0.6) is 11.5 Å². The number of H-pyrrole nitrogens is 1. The topological polar surface area (TPSA) is 90.2 Å². The molecule has 1 aromatic heterocycles. The average Bonchev–Trinajstić information content (AvgIpc) is 2.80. The molecule has 1 amide bonds. The van der Waals surface area contributed by atoms with Crippen molar-refractivity contribution < 1.29 is 14.3 Å². The summed E-state index contributed by atoms with van der Waals surface area (Å²) in [6.07, 6.45) is 0. The molecule has 0 atom stereocenters. The third-order valence-electron chi connectivity index (χ3n) is 2.74. The number of carbonyl (C=O) groups excluding carboxylic acids is 1. The zero-order chi connectivity index (χ0) is 14.0. The lowest BCUT2D eigenvalue weighted by Crippen LogP contribution is -2.12. The lowest BCUT2D eigenvalue weighted by Gasteiger charge is -2.07. The number of benzene rings is 1. The summed E-state index contributed by atoms with van der Waals surface area (Å²) >= 11 is 0. The second kappa shape index (κ2) is 5.01. The molecular formula is C13H15N3O3. The van der Waals surface area contributed by atoms with Gasteiger partial charge in [-0.2, -0.15) is 0 Å². The maximum Gasteiger partial charge on any atom is 0.284 e. The molecule has 2 rings (SSSR count). The summed E-state index contributed by atoms with van der Waals surface area (Å²) in [5.74, 6) is 0.841. The fourth-order valence-electron chi connectivity index (χ4n) is 1.80. The molecule has 19 heavy (non-hydrogen) atoms. The first kappa shape index (κ1) is 12.9. The number of aromatic amines is 1. The number of primary amides is 1. The van der Waals surface area contributed by atoms with Crippen LogP contribution in [0.3, 0.4) is 0 Å². The summed E-state index contributed by atoms with van der Waals surface area (Å²) in [7, 11) is 3.15. The van der Waals surface area contributed by atoms with Crippen molar-refractivity contribution in [2.45, 2.75) is 6.92 Å². The van der Waals surface area contributed by atoms with Gasteiger partial charge in [-0.3, -0.25) is 4.79 Å². The molecule has 100 valence electrons. The van der Waals surface area contributed by atoms with Crippen LogP contribution in [0.4, 0.5) is 0 Å². The third kappa shape index (κ3) is 2.52. The number of hydrogen-bond acceptors (Lipinski definition) is 4. The Morgan fingerprint density at radius 3 is 2.21 bits per heavy atom. The van der Waals surface area contributed by atoms with Gasteiger partial charge >= 0.3 is 0 Å². The predicted octanol–water partition coefficient (Wildman–Crippen LogP) is 1.50. The highest BCUT2D eigenvalue weighted by atomic mass is 16.5. The first-order valence-corrected chi connectivity index (χ1v) is 5.65. The van der Waals surface area contributed by atoms with E-state index in [0.717, 1.165) is 11.3 Å². The van der Waals surface area contributed by atoms with Gasteiger partial charge in [-0.05, 0) is 19.1 Å². The first-order valence-electron chi connectivity index (χ1n) is 5.65. The van der Waals surface area contributed by atoms with Gasteiger partial charge in [0, 0.05) is 17.3 Å². The average molecular weight is 261 g/mol. The minimum absolute atomic E-state index is 0.134. The first-order chi connectivity index (χ1) is 9.05. The molecule has 0 unspecified atom stereocenters. The lowest BCUT2D eigenvalue weighted by molar-refractivity contribution is 0.0991. The van der Waals surface area contributed by atoms with Gasteiger partial charge in [0.1, 0.15) is 11.5 Å². The standard InChI is InChI=1S/C13H15N3O3/c1-7-11(16-13(15-7)12(14)17)8-4-9(18-2)6-10(5-8)19-3/h4-6H,1-3H3,(H2,14,17)(H,15,16). The Morgan fingerprint density at radius 2 is 1.79 bits per heavy atom. The van der Waals surface area contributed by atoms with E-state index in [0.29, 0.717) is 17.2 Å². The van der Waals surface area contributed by atoms with E-state index in [1.807, 2.05) is 19.1 Å². The third-order valence-corrected chi connectivity index (χ3v) is 2.74. The van der Waals surface area contributed by atoms with Gasteiger partial charge < -0.3 is 20.2 Å². The van der Waals surface area contributed by atoms with Crippen molar-refractivity contribution in [2.24, 2.45) is 5.73 Å². The number of methoxy groups -OCH3 is 2. The quantitative estimate of drug-likeness (QED) is 0.872. The Hall–Kier alpha value is -2.50. The van der Waals surface area contributed by atoms with Crippen LogP contribution in [0.25, 0.3) is 11.3 Å². The smallest absolute Gasteiger partial charge is 0.284 e. The van der Waals surface area contributed by atoms with Crippen molar-refractivity contribution in [3.05, 3.63) is 29.7 Å². The summed E-state index contributed by atoms with van der Waals surface area (Å²) in [5.41, 5.74) is 7.39. The molecule has 2 aromatic rings. The Labute approximate surface area is 110 Å². The number of ether oxygens (including phenoxy) is 2. The number of carbonyl (C=O) groups is 1. The molecule has 3 N–H and O–H groups in total.